The second-order valence-corrected chi connectivity index (χ2v) is 1.86. The van der Waals surface area contributed by atoms with Crippen LogP contribution in [0.5, 0.6) is 0 Å². The number of hydrogen-bond acceptors (Lipinski definition) is 3. The Bertz CT molecular complexity index is 231. The first-order valence-electron chi connectivity index (χ1n) is 2.85. The molecular weight excluding hydrogens is 128 g/mol. The second-order valence-electron chi connectivity index (χ2n) is 1.86. The average Bonchev–Trinajstić information content (AvgIpc) is 2.05. The smallest absolute Gasteiger partial charge is 0.0886 e. The number of oxime groups is 1. The van der Waals surface area contributed by atoms with Crippen LogP contribution in [-0.4, -0.2) is 15.9 Å². The van der Waals surface area contributed by atoms with Crippen molar-refractivity contribution in [2.75, 3.05) is 0 Å². The molecule has 3 heteroatoms. The lowest BCUT2D eigenvalue weighted by Crippen LogP contribution is -1.93. The molecule has 3 nitrogen and oxygen atoms in total. The largest absolute Gasteiger partial charge is 0.411 e. The maximum absolute atomic E-state index is 8.34. The van der Waals surface area contributed by atoms with E-state index in [2.05, 4.69) is 16.3 Å². The highest BCUT2D eigenvalue weighted by Gasteiger charge is 1.93. The van der Waals surface area contributed by atoms with Crippen LogP contribution < -0.4 is 0 Å². The van der Waals surface area contributed by atoms with Crippen molar-refractivity contribution in [2.24, 2.45) is 5.16 Å². The van der Waals surface area contributed by atoms with Crippen LogP contribution in [0.25, 0.3) is 0 Å². The molecule has 1 aromatic rings. The fraction of sp³-hybridized carbons (Fsp3) is 0.143. The van der Waals surface area contributed by atoms with Crippen molar-refractivity contribution in [3.05, 3.63) is 30.1 Å². The molecule has 0 aliphatic rings. The molecule has 1 N–H and O–H groups in total. The lowest BCUT2D eigenvalue weighted by molar-refractivity contribution is 0.319. The lowest BCUT2D eigenvalue weighted by Gasteiger charge is -1.93. The Labute approximate surface area is 59.0 Å². The van der Waals surface area contributed by atoms with Gasteiger partial charge in [-0.2, -0.15) is 0 Å². The molecule has 0 saturated carbocycles. The molecule has 1 rings (SSSR count). The SMILES string of the molecule is CC(=NO)c1cc[c]nc1. The molecule has 0 spiro atoms. The van der Waals surface area contributed by atoms with Gasteiger partial charge in [0.05, 0.1) is 11.9 Å². The summed E-state index contributed by atoms with van der Waals surface area (Å²) < 4.78 is 0. The minimum absolute atomic E-state index is 0.557. The average molecular weight is 135 g/mol. The molecule has 1 radical (unpaired) electrons. The van der Waals surface area contributed by atoms with Gasteiger partial charge in [0.2, 0.25) is 0 Å². The third-order valence-corrected chi connectivity index (χ3v) is 1.18. The van der Waals surface area contributed by atoms with Gasteiger partial charge in [0, 0.05) is 11.8 Å². The number of aromatic nitrogens is 1. The zero-order valence-electron chi connectivity index (χ0n) is 5.57. The summed E-state index contributed by atoms with van der Waals surface area (Å²) in [6.07, 6.45) is 4.22. The van der Waals surface area contributed by atoms with E-state index in [1.54, 1.807) is 25.3 Å². The summed E-state index contributed by atoms with van der Waals surface area (Å²) in [5.41, 5.74) is 1.36. The van der Waals surface area contributed by atoms with Gasteiger partial charge in [0.15, 0.2) is 0 Å². The monoisotopic (exact) mass is 135 g/mol. The Balaban J connectivity index is 2.96. The van der Waals surface area contributed by atoms with E-state index in [1.165, 1.54) is 0 Å². The summed E-state index contributed by atoms with van der Waals surface area (Å²) >= 11 is 0. The Morgan fingerprint density at radius 3 is 3.10 bits per heavy atom. The van der Waals surface area contributed by atoms with Gasteiger partial charge < -0.3 is 5.21 Å². The van der Waals surface area contributed by atoms with Gasteiger partial charge in [-0.1, -0.05) is 5.16 Å². The maximum atomic E-state index is 8.34. The van der Waals surface area contributed by atoms with Crippen LogP contribution in [0.2, 0.25) is 0 Å². The van der Waals surface area contributed by atoms with Crippen LogP contribution in [0, 0.1) is 6.20 Å². The Hall–Kier alpha value is -1.38. The van der Waals surface area contributed by atoms with Crippen molar-refractivity contribution in [2.45, 2.75) is 6.92 Å². The van der Waals surface area contributed by atoms with Gasteiger partial charge >= 0.3 is 0 Å². The highest BCUT2D eigenvalue weighted by molar-refractivity contribution is 5.97. The van der Waals surface area contributed by atoms with Gasteiger partial charge in [-0.3, -0.25) is 4.98 Å². The van der Waals surface area contributed by atoms with Crippen molar-refractivity contribution in [1.82, 2.24) is 4.98 Å². The molecule has 0 amide bonds. The van der Waals surface area contributed by atoms with Gasteiger partial charge in [0.1, 0.15) is 0 Å². The molecule has 0 aliphatic carbocycles. The summed E-state index contributed by atoms with van der Waals surface area (Å²) in [5, 5.41) is 11.4. The van der Waals surface area contributed by atoms with Crippen LogP contribution >= 0.6 is 0 Å². The first kappa shape index (κ1) is 6.74. The summed E-state index contributed by atoms with van der Waals surface area (Å²) in [4.78, 5) is 3.74. The molecule has 0 bridgehead atoms. The fourth-order valence-corrected chi connectivity index (χ4v) is 0.592. The van der Waals surface area contributed by atoms with Crippen molar-refractivity contribution < 1.29 is 5.21 Å². The third kappa shape index (κ3) is 1.31. The Morgan fingerprint density at radius 2 is 2.60 bits per heavy atom. The van der Waals surface area contributed by atoms with E-state index in [0.717, 1.165) is 5.56 Å². The Kier molecular flexibility index (Phi) is 1.99. The van der Waals surface area contributed by atoms with E-state index < -0.39 is 0 Å². The van der Waals surface area contributed by atoms with Crippen molar-refractivity contribution in [3.8, 4) is 0 Å². The first-order valence-corrected chi connectivity index (χ1v) is 2.85. The summed E-state index contributed by atoms with van der Waals surface area (Å²) in [5.74, 6) is 0. The highest BCUT2D eigenvalue weighted by Crippen LogP contribution is 1.96. The van der Waals surface area contributed by atoms with E-state index in [9.17, 15) is 0 Å². The highest BCUT2D eigenvalue weighted by atomic mass is 16.4. The van der Waals surface area contributed by atoms with Crippen molar-refractivity contribution in [3.63, 3.8) is 0 Å². The molecule has 0 aliphatic heterocycles. The molecule has 0 aromatic carbocycles. The molecule has 51 valence electrons. The number of hydrogen-bond donors (Lipinski definition) is 1. The van der Waals surface area contributed by atoms with Gasteiger partial charge in [-0.15, -0.1) is 0 Å². The lowest BCUT2D eigenvalue weighted by atomic mass is 10.2. The van der Waals surface area contributed by atoms with Crippen LogP contribution in [0.15, 0.2) is 23.5 Å². The maximum Gasteiger partial charge on any atom is 0.0886 e. The second kappa shape index (κ2) is 2.96. The molecular formula is C7H7N2O. The zero-order valence-corrected chi connectivity index (χ0v) is 5.57. The minimum Gasteiger partial charge on any atom is -0.411 e. The third-order valence-electron chi connectivity index (χ3n) is 1.18. The van der Waals surface area contributed by atoms with Gasteiger partial charge in [0.25, 0.3) is 0 Å². The molecule has 0 saturated heterocycles. The minimum atomic E-state index is 0.557. The molecule has 1 aromatic heterocycles. The van der Waals surface area contributed by atoms with E-state index >= 15 is 0 Å². The predicted octanol–water partition coefficient (Wildman–Crippen LogP) is 1.08. The number of rotatable bonds is 1. The number of pyridine rings is 1. The van der Waals surface area contributed by atoms with E-state index in [0.29, 0.717) is 5.71 Å². The Morgan fingerprint density at radius 1 is 1.80 bits per heavy atom. The molecule has 0 atom stereocenters. The van der Waals surface area contributed by atoms with Crippen LogP contribution in [0.3, 0.4) is 0 Å². The van der Waals surface area contributed by atoms with E-state index in [-0.39, 0.29) is 0 Å². The normalized spacial score (nSPS) is 11.5. The van der Waals surface area contributed by atoms with Crippen molar-refractivity contribution >= 4 is 5.71 Å². The molecule has 10 heavy (non-hydrogen) atoms. The van der Waals surface area contributed by atoms with Crippen LogP contribution in [0.4, 0.5) is 0 Å². The van der Waals surface area contributed by atoms with Crippen molar-refractivity contribution in [1.29, 1.82) is 0 Å². The summed E-state index contributed by atoms with van der Waals surface area (Å²) in [6.45, 7) is 1.71. The van der Waals surface area contributed by atoms with Gasteiger partial charge in [-0.05, 0) is 19.1 Å². The number of nitrogens with zero attached hydrogens (tertiary/aromatic N) is 2. The topological polar surface area (TPSA) is 45.5 Å². The fourth-order valence-electron chi connectivity index (χ4n) is 0.592. The van der Waals surface area contributed by atoms with Crippen LogP contribution in [0.1, 0.15) is 12.5 Å². The van der Waals surface area contributed by atoms with E-state index in [1.807, 2.05) is 0 Å². The predicted molar refractivity (Wildman–Crippen MR) is 37.1 cm³/mol. The van der Waals surface area contributed by atoms with Crippen LogP contribution in [-0.2, 0) is 0 Å². The van der Waals surface area contributed by atoms with E-state index in [4.69, 9.17) is 5.21 Å². The summed E-state index contributed by atoms with van der Waals surface area (Å²) in [6, 6.07) is 3.45. The standard InChI is InChI=1S/C7H7N2O/c1-6(9-10)7-3-2-4-8-5-7/h2-3,5,10H,1H3. The molecule has 0 fully saturated rings. The van der Waals surface area contributed by atoms with Gasteiger partial charge in [-0.25, -0.2) is 0 Å². The first-order chi connectivity index (χ1) is 4.84. The summed E-state index contributed by atoms with van der Waals surface area (Å²) in [7, 11) is 0. The quantitative estimate of drug-likeness (QED) is 0.356. The molecule has 0 unspecified atom stereocenters. The zero-order chi connectivity index (χ0) is 7.40. The molecule has 1 heterocycles.